The minimum absolute atomic E-state index is 0.293. The van der Waals surface area contributed by atoms with E-state index in [0.717, 1.165) is 5.56 Å². The number of halogens is 1. The zero-order valence-corrected chi connectivity index (χ0v) is 11.6. The molecule has 18 heavy (non-hydrogen) atoms. The Hall–Kier alpha value is -1.48. The second-order valence-electron chi connectivity index (χ2n) is 3.82. The van der Waals surface area contributed by atoms with Crippen molar-refractivity contribution in [3.8, 4) is 5.75 Å². The Morgan fingerprint density at radius 2 is 2.17 bits per heavy atom. The predicted octanol–water partition coefficient (Wildman–Crippen LogP) is 3.54. The number of benzene rings is 1. The van der Waals surface area contributed by atoms with Crippen LogP contribution in [-0.2, 0) is 9.53 Å². The van der Waals surface area contributed by atoms with E-state index >= 15 is 0 Å². The van der Waals surface area contributed by atoms with Gasteiger partial charge in [-0.25, -0.2) is 4.79 Å². The molecule has 0 saturated heterocycles. The highest BCUT2D eigenvalue weighted by Crippen LogP contribution is 2.25. The number of hydrogen-bond acceptors (Lipinski definition) is 3. The Labute approximate surface area is 112 Å². The lowest BCUT2D eigenvalue weighted by Crippen LogP contribution is -2.06. The minimum Gasteiger partial charge on any atom is -0.488 e. The van der Waals surface area contributed by atoms with Crippen molar-refractivity contribution in [2.75, 3.05) is 13.7 Å². The van der Waals surface area contributed by atoms with Gasteiger partial charge in [0.25, 0.3) is 0 Å². The monoisotopic (exact) mass is 268 g/mol. The number of ether oxygens (including phenoxy) is 2. The zero-order chi connectivity index (χ0) is 13.5. The van der Waals surface area contributed by atoms with E-state index in [4.69, 9.17) is 16.3 Å². The van der Waals surface area contributed by atoms with Crippen molar-refractivity contribution in [3.05, 3.63) is 40.4 Å². The van der Waals surface area contributed by atoms with Gasteiger partial charge in [0.05, 0.1) is 12.1 Å². The molecule has 0 aliphatic rings. The fourth-order valence-electron chi connectivity index (χ4n) is 1.46. The maximum absolute atomic E-state index is 11.3. The summed E-state index contributed by atoms with van der Waals surface area (Å²) in [6.07, 6.45) is 2.32. The van der Waals surface area contributed by atoms with Crippen molar-refractivity contribution in [2.24, 2.45) is 0 Å². The maximum Gasteiger partial charge on any atom is 0.333 e. The zero-order valence-electron chi connectivity index (χ0n) is 10.8. The molecule has 1 aromatic rings. The van der Waals surface area contributed by atoms with Gasteiger partial charge in [-0.3, -0.25) is 0 Å². The summed E-state index contributed by atoms with van der Waals surface area (Å²) in [4.78, 5) is 11.3. The number of carbonyl (C=O) groups is 1. The Kier molecular flexibility index (Phi) is 5.72. The van der Waals surface area contributed by atoms with Gasteiger partial charge in [-0.15, -0.1) is 0 Å². The summed E-state index contributed by atoms with van der Waals surface area (Å²) in [6, 6.07) is 5.57. The van der Waals surface area contributed by atoms with Gasteiger partial charge < -0.3 is 9.47 Å². The summed E-state index contributed by atoms with van der Waals surface area (Å²) in [7, 11) is 1.36. The fourth-order valence-corrected chi connectivity index (χ4v) is 1.75. The highest BCUT2D eigenvalue weighted by atomic mass is 35.5. The van der Waals surface area contributed by atoms with Crippen LogP contribution in [0.5, 0.6) is 5.75 Å². The highest BCUT2D eigenvalue weighted by Gasteiger charge is 2.06. The van der Waals surface area contributed by atoms with E-state index in [0.29, 0.717) is 29.4 Å². The summed E-state index contributed by atoms with van der Waals surface area (Å²) in [5, 5.41) is 0.569. The predicted molar refractivity (Wildman–Crippen MR) is 72.1 cm³/mol. The van der Waals surface area contributed by atoms with Gasteiger partial charge >= 0.3 is 5.97 Å². The quantitative estimate of drug-likeness (QED) is 0.605. The van der Waals surface area contributed by atoms with Gasteiger partial charge in [0.15, 0.2) is 0 Å². The van der Waals surface area contributed by atoms with Gasteiger partial charge in [0.1, 0.15) is 12.4 Å². The molecule has 0 saturated carbocycles. The van der Waals surface area contributed by atoms with Crippen LogP contribution in [0.1, 0.15) is 18.9 Å². The van der Waals surface area contributed by atoms with E-state index in [9.17, 15) is 4.79 Å². The van der Waals surface area contributed by atoms with Crippen LogP contribution in [0.15, 0.2) is 29.8 Å². The first kappa shape index (κ1) is 14.6. The van der Waals surface area contributed by atoms with E-state index < -0.39 is 0 Å². The fraction of sp³-hybridized carbons (Fsp3) is 0.357. The summed E-state index contributed by atoms with van der Waals surface area (Å²) in [5.41, 5.74) is 1.67. The molecule has 1 rings (SSSR count). The molecule has 0 amide bonds. The molecule has 0 radical (unpaired) electrons. The lowest BCUT2D eigenvalue weighted by Gasteiger charge is -2.07. The average Bonchev–Trinajstić information content (AvgIpc) is 2.36. The van der Waals surface area contributed by atoms with Crippen LogP contribution in [0.4, 0.5) is 0 Å². The van der Waals surface area contributed by atoms with Crippen molar-refractivity contribution in [1.82, 2.24) is 0 Å². The van der Waals surface area contributed by atoms with Crippen molar-refractivity contribution < 1.29 is 14.3 Å². The molecule has 0 aromatic heterocycles. The smallest absolute Gasteiger partial charge is 0.333 e. The van der Waals surface area contributed by atoms with Crippen LogP contribution in [0.3, 0.4) is 0 Å². The van der Waals surface area contributed by atoms with Gasteiger partial charge in [0, 0.05) is 5.57 Å². The van der Waals surface area contributed by atoms with E-state index in [2.05, 4.69) is 4.74 Å². The second-order valence-corrected chi connectivity index (χ2v) is 4.23. The first-order valence-corrected chi connectivity index (χ1v) is 6.12. The number of aryl methyl sites for hydroxylation is 1. The lowest BCUT2D eigenvalue weighted by molar-refractivity contribution is -0.136. The summed E-state index contributed by atoms with van der Waals surface area (Å²) < 4.78 is 10.2. The minimum atomic E-state index is -0.323. The van der Waals surface area contributed by atoms with Crippen LogP contribution < -0.4 is 4.74 Å². The lowest BCUT2D eigenvalue weighted by atomic mass is 10.2. The molecule has 3 nitrogen and oxygen atoms in total. The Balaban J connectivity index is 2.65. The number of carbonyl (C=O) groups excluding carboxylic acids is 1. The average molecular weight is 269 g/mol. The van der Waals surface area contributed by atoms with Gasteiger partial charge in [0.2, 0.25) is 0 Å². The van der Waals surface area contributed by atoms with Crippen molar-refractivity contribution in [2.45, 2.75) is 20.3 Å². The number of methoxy groups -OCH3 is 1. The van der Waals surface area contributed by atoms with Gasteiger partial charge in [-0.1, -0.05) is 24.6 Å². The van der Waals surface area contributed by atoms with E-state index in [1.165, 1.54) is 7.11 Å². The standard InChI is InChI=1S/C14H17ClO3/c1-4-11(14(16)17-3)7-8-18-13-6-5-10(2)9-12(13)15/h5-7,9H,4,8H2,1-3H3. The van der Waals surface area contributed by atoms with Crippen LogP contribution in [0.2, 0.25) is 5.02 Å². The summed E-state index contributed by atoms with van der Waals surface area (Å²) in [6.45, 7) is 4.14. The van der Waals surface area contributed by atoms with Gasteiger partial charge in [-0.05, 0) is 37.1 Å². The summed E-state index contributed by atoms with van der Waals surface area (Å²) in [5.74, 6) is 0.287. The third kappa shape index (κ3) is 4.08. The SMILES string of the molecule is CCC(=CCOc1ccc(C)cc1Cl)C(=O)OC. The summed E-state index contributed by atoms with van der Waals surface area (Å²) >= 11 is 6.03. The third-order valence-corrected chi connectivity index (χ3v) is 2.78. The van der Waals surface area contributed by atoms with Crippen molar-refractivity contribution >= 4 is 17.6 Å². The van der Waals surface area contributed by atoms with Crippen LogP contribution in [0, 0.1) is 6.92 Å². The largest absolute Gasteiger partial charge is 0.488 e. The molecule has 0 fully saturated rings. The van der Waals surface area contributed by atoms with Crippen molar-refractivity contribution in [3.63, 3.8) is 0 Å². The van der Waals surface area contributed by atoms with E-state index in [1.54, 1.807) is 6.08 Å². The molecule has 0 N–H and O–H groups in total. The number of rotatable bonds is 5. The van der Waals surface area contributed by atoms with Crippen LogP contribution in [0.25, 0.3) is 0 Å². The topological polar surface area (TPSA) is 35.5 Å². The molecule has 0 aliphatic heterocycles. The normalized spacial score (nSPS) is 11.2. The molecule has 0 atom stereocenters. The molecule has 0 bridgehead atoms. The first-order chi connectivity index (χ1) is 8.58. The molecule has 4 heteroatoms. The molecule has 0 unspecified atom stereocenters. The molecule has 1 aromatic carbocycles. The molecule has 0 spiro atoms. The molecular weight excluding hydrogens is 252 g/mol. The second kappa shape index (κ2) is 7.07. The van der Waals surface area contributed by atoms with Crippen LogP contribution >= 0.6 is 11.6 Å². The van der Waals surface area contributed by atoms with Gasteiger partial charge in [-0.2, -0.15) is 0 Å². The molecule has 0 heterocycles. The molecule has 0 aliphatic carbocycles. The maximum atomic E-state index is 11.3. The van der Waals surface area contributed by atoms with E-state index in [-0.39, 0.29) is 5.97 Å². The Bertz CT molecular complexity index is 452. The highest BCUT2D eigenvalue weighted by molar-refractivity contribution is 6.32. The Morgan fingerprint density at radius 1 is 1.44 bits per heavy atom. The van der Waals surface area contributed by atoms with Crippen molar-refractivity contribution in [1.29, 1.82) is 0 Å². The number of esters is 1. The first-order valence-electron chi connectivity index (χ1n) is 5.74. The molecule has 98 valence electrons. The third-order valence-electron chi connectivity index (χ3n) is 2.48. The van der Waals surface area contributed by atoms with Crippen LogP contribution in [-0.4, -0.2) is 19.7 Å². The van der Waals surface area contributed by atoms with E-state index in [1.807, 2.05) is 32.0 Å². The number of hydrogen-bond donors (Lipinski definition) is 0. The Morgan fingerprint density at radius 3 is 2.72 bits per heavy atom. The molecular formula is C14H17ClO3.